The highest BCUT2D eigenvalue weighted by atomic mass is 32.2. The zero-order valence-corrected chi connectivity index (χ0v) is 15.3. The summed E-state index contributed by atoms with van der Waals surface area (Å²) >= 11 is 0. The van der Waals surface area contributed by atoms with Crippen molar-refractivity contribution in [3.05, 3.63) is 40.8 Å². The molecule has 1 aromatic rings. The number of carbonyl (C=O) groups is 1. The SMILES string of the molecule is Cc1ccc(S(=O)(=O)C2=C[C@H]3CC[C@@H]2N3C(=O)OC(C)(C)C)cc1. The molecular formula is C18H23NO4S. The molecule has 6 heteroatoms. The highest BCUT2D eigenvalue weighted by Crippen LogP contribution is 2.42. The van der Waals surface area contributed by atoms with Crippen LogP contribution in [0.1, 0.15) is 39.2 Å². The molecule has 130 valence electrons. The molecule has 0 radical (unpaired) electrons. The van der Waals surface area contributed by atoms with Crippen LogP contribution in [-0.4, -0.2) is 37.1 Å². The van der Waals surface area contributed by atoms with Crippen molar-refractivity contribution in [1.82, 2.24) is 4.90 Å². The molecule has 2 heterocycles. The van der Waals surface area contributed by atoms with Gasteiger partial charge in [-0.3, -0.25) is 4.90 Å². The van der Waals surface area contributed by atoms with Crippen molar-refractivity contribution in [3.63, 3.8) is 0 Å². The monoisotopic (exact) mass is 349 g/mol. The van der Waals surface area contributed by atoms with Gasteiger partial charge in [0.1, 0.15) is 5.60 Å². The standard InChI is InChI=1S/C18H23NO4S/c1-12-5-8-14(9-6-12)24(21,22)16-11-13-7-10-15(16)19(13)17(20)23-18(2,3)4/h5-6,8-9,11,13,15H,7,10H2,1-4H3/t13-,15+/m1/s1. The Morgan fingerprint density at radius 1 is 1.17 bits per heavy atom. The topological polar surface area (TPSA) is 63.7 Å². The second kappa shape index (κ2) is 5.62. The van der Waals surface area contributed by atoms with Crippen LogP contribution in [0.3, 0.4) is 0 Å². The summed E-state index contributed by atoms with van der Waals surface area (Å²) in [5, 5.41) is 0. The molecule has 1 saturated heterocycles. The quantitative estimate of drug-likeness (QED) is 0.820. The van der Waals surface area contributed by atoms with E-state index in [1.54, 1.807) is 56.0 Å². The van der Waals surface area contributed by atoms with E-state index in [9.17, 15) is 13.2 Å². The van der Waals surface area contributed by atoms with Crippen molar-refractivity contribution in [2.75, 3.05) is 0 Å². The van der Waals surface area contributed by atoms with Crippen molar-refractivity contribution in [3.8, 4) is 0 Å². The first-order chi connectivity index (χ1) is 11.1. The number of ether oxygens (including phenoxy) is 1. The lowest BCUT2D eigenvalue weighted by Gasteiger charge is -2.28. The van der Waals surface area contributed by atoms with Gasteiger partial charge in [-0.15, -0.1) is 0 Å². The third-order valence-electron chi connectivity index (χ3n) is 4.36. The molecule has 0 unspecified atom stereocenters. The van der Waals surface area contributed by atoms with Crippen LogP contribution < -0.4 is 0 Å². The highest BCUT2D eigenvalue weighted by molar-refractivity contribution is 7.95. The summed E-state index contributed by atoms with van der Waals surface area (Å²) in [7, 11) is -3.58. The fraction of sp³-hybridized carbons (Fsp3) is 0.500. The van der Waals surface area contributed by atoms with E-state index in [1.165, 1.54) is 0 Å². The van der Waals surface area contributed by atoms with Crippen molar-refractivity contribution in [2.45, 2.75) is 63.1 Å². The van der Waals surface area contributed by atoms with Gasteiger partial charge in [-0.05, 0) is 58.7 Å². The summed E-state index contributed by atoms with van der Waals surface area (Å²) < 4.78 is 31.3. The summed E-state index contributed by atoms with van der Waals surface area (Å²) in [5.74, 6) is 0. The smallest absolute Gasteiger partial charge is 0.411 e. The zero-order valence-electron chi connectivity index (χ0n) is 14.4. The van der Waals surface area contributed by atoms with Gasteiger partial charge in [0.05, 0.1) is 21.9 Å². The second-order valence-electron chi connectivity index (χ2n) is 7.43. The molecule has 0 spiro atoms. The molecule has 2 bridgehead atoms. The lowest BCUT2D eigenvalue weighted by molar-refractivity contribution is 0.0231. The number of sulfone groups is 1. The maximum atomic E-state index is 12.9. The van der Waals surface area contributed by atoms with E-state index in [4.69, 9.17) is 4.74 Å². The van der Waals surface area contributed by atoms with Crippen LogP contribution in [0, 0.1) is 6.92 Å². The van der Waals surface area contributed by atoms with Gasteiger partial charge in [-0.2, -0.15) is 0 Å². The maximum absolute atomic E-state index is 12.9. The minimum atomic E-state index is -3.58. The number of rotatable bonds is 2. The number of fused-ring (bicyclic) bond motifs is 2. The van der Waals surface area contributed by atoms with Gasteiger partial charge in [0.2, 0.25) is 9.84 Å². The van der Waals surface area contributed by atoms with Crippen molar-refractivity contribution >= 4 is 15.9 Å². The first-order valence-electron chi connectivity index (χ1n) is 8.14. The summed E-state index contributed by atoms with van der Waals surface area (Å²) in [6, 6.07) is 6.19. The van der Waals surface area contributed by atoms with Gasteiger partial charge in [-0.1, -0.05) is 17.7 Å². The van der Waals surface area contributed by atoms with E-state index in [1.807, 2.05) is 6.92 Å². The third-order valence-corrected chi connectivity index (χ3v) is 6.28. The van der Waals surface area contributed by atoms with Gasteiger partial charge in [-0.25, -0.2) is 13.2 Å². The van der Waals surface area contributed by atoms with E-state index >= 15 is 0 Å². The molecule has 2 atom stereocenters. The van der Waals surface area contributed by atoms with Crippen LogP contribution in [0.2, 0.25) is 0 Å². The Labute approximate surface area is 143 Å². The first-order valence-corrected chi connectivity index (χ1v) is 9.63. The lowest BCUT2D eigenvalue weighted by Crippen LogP contribution is -2.41. The molecule has 2 aliphatic rings. The number of carbonyl (C=O) groups excluding carboxylic acids is 1. The molecule has 0 aliphatic carbocycles. The van der Waals surface area contributed by atoms with Gasteiger partial charge in [0.15, 0.2) is 0 Å². The number of aryl methyl sites for hydroxylation is 1. The maximum Gasteiger partial charge on any atom is 0.411 e. The molecule has 0 saturated carbocycles. The van der Waals surface area contributed by atoms with Crippen LogP contribution in [0.15, 0.2) is 40.1 Å². The Morgan fingerprint density at radius 3 is 2.38 bits per heavy atom. The van der Waals surface area contributed by atoms with E-state index < -0.39 is 27.6 Å². The Morgan fingerprint density at radius 2 is 1.79 bits per heavy atom. The second-order valence-corrected chi connectivity index (χ2v) is 9.38. The third kappa shape index (κ3) is 2.95. The molecule has 5 nitrogen and oxygen atoms in total. The molecule has 0 N–H and O–H groups in total. The molecule has 0 aromatic heterocycles. The predicted octanol–water partition coefficient (Wildman–Crippen LogP) is 3.43. The van der Waals surface area contributed by atoms with Crippen molar-refractivity contribution in [1.29, 1.82) is 0 Å². The average Bonchev–Trinajstić information content (AvgIpc) is 3.04. The van der Waals surface area contributed by atoms with Crippen LogP contribution >= 0.6 is 0 Å². The number of amides is 1. The van der Waals surface area contributed by atoms with Gasteiger partial charge >= 0.3 is 6.09 Å². The molecule has 1 amide bonds. The first kappa shape index (κ1) is 17.0. The fourth-order valence-electron chi connectivity index (χ4n) is 3.28. The van der Waals surface area contributed by atoms with E-state index in [0.29, 0.717) is 11.3 Å². The van der Waals surface area contributed by atoms with E-state index in [2.05, 4.69) is 0 Å². The molecule has 1 aromatic carbocycles. The average molecular weight is 349 g/mol. The molecule has 2 aliphatic heterocycles. The largest absolute Gasteiger partial charge is 0.444 e. The Kier molecular flexibility index (Phi) is 3.98. The van der Waals surface area contributed by atoms with Gasteiger partial charge in [0, 0.05) is 0 Å². The van der Waals surface area contributed by atoms with Crippen LogP contribution in [-0.2, 0) is 14.6 Å². The Hall–Kier alpha value is -1.82. The molecule has 3 rings (SSSR count). The molecule has 1 fully saturated rings. The van der Waals surface area contributed by atoms with E-state index in [-0.39, 0.29) is 10.9 Å². The summed E-state index contributed by atoms with van der Waals surface area (Å²) in [5.41, 5.74) is 0.404. The summed E-state index contributed by atoms with van der Waals surface area (Å²) in [6.45, 7) is 7.33. The minimum Gasteiger partial charge on any atom is -0.444 e. The van der Waals surface area contributed by atoms with Crippen LogP contribution in [0.25, 0.3) is 0 Å². The lowest BCUT2D eigenvalue weighted by atomic mass is 10.1. The molecular weight excluding hydrogens is 326 g/mol. The molecule has 24 heavy (non-hydrogen) atoms. The Balaban J connectivity index is 1.88. The van der Waals surface area contributed by atoms with E-state index in [0.717, 1.165) is 12.0 Å². The summed E-state index contributed by atoms with van der Waals surface area (Å²) in [6.07, 6.45) is 2.70. The number of benzene rings is 1. The van der Waals surface area contributed by atoms with Crippen LogP contribution in [0.4, 0.5) is 4.79 Å². The minimum absolute atomic E-state index is 0.194. The highest BCUT2D eigenvalue weighted by Gasteiger charge is 2.49. The van der Waals surface area contributed by atoms with Crippen molar-refractivity contribution < 1.29 is 17.9 Å². The van der Waals surface area contributed by atoms with Gasteiger partial charge < -0.3 is 4.74 Å². The predicted molar refractivity (Wildman–Crippen MR) is 91.3 cm³/mol. The van der Waals surface area contributed by atoms with Crippen LogP contribution in [0.5, 0.6) is 0 Å². The number of nitrogens with zero attached hydrogens (tertiary/aromatic N) is 1. The fourth-order valence-corrected chi connectivity index (χ4v) is 4.97. The zero-order chi connectivity index (χ0) is 17.7. The van der Waals surface area contributed by atoms with Gasteiger partial charge in [0.25, 0.3) is 0 Å². The van der Waals surface area contributed by atoms with Crippen molar-refractivity contribution in [2.24, 2.45) is 0 Å². The summed E-state index contributed by atoms with van der Waals surface area (Å²) in [4.78, 5) is 14.6. The normalized spacial score (nSPS) is 23.3. The number of hydrogen-bond acceptors (Lipinski definition) is 4. The number of hydrogen-bond donors (Lipinski definition) is 0. The Bertz CT molecular complexity index is 787.